The van der Waals surface area contributed by atoms with E-state index in [-0.39, 0.29) is 16.9 Å². The summed E-state index contributed by atoms with van der Waals surface area (Å²) < 4.78 is 2.84. The van der Waals surface area contributed by atoms with E-state index in [1.807, 2.05) is 68.4 Å². The van der Waals surface area contributed by atoms with Crippen LogP contribution in [0.3, 0.4) is 0 Å². The van der Waals surface area contributed by atoms with Crippen LogP contribution in [0.4, 0.5) is 11.4 Å². The Kier molecular flexibility index (Phi) is 4.93. The number of hydrogen-bond acceptors (Lipinski definition) is 7. The fourth-order valence-electron chi connectivity index (χ4n) is 3.94. The molecule has 3 heterocycles. The molecule has 0 bridgehead atoms. The zero-order chi connectivity index (χ0) is 24.2. The monoisotopic (exact) mass is 454 g/mol. The second-order valence-corrected chi connectivity index (χ2v) is 9.55. The zero-order valence-corrected chi connectivity index (χ0v) is 20.1. The fourth-order valence-corrected chi connectivity index (χ4v) is 3.94. The number of benzene rings is 2. The van der Waals surface area contributed by atoms with Crippen LogP contribution in [0.25, 0.3) is 16.7 Å². The first-order valence-electron chi connectivity index (χ1n) is 11.1. The Bertz CT molecular complexity index is 1530. The summed E-state index contributed by atoms with van der Waals surface area (Å²) in [6, 6.07) is 15.4. The van der Waals surface area contributed by atoms with E-state index < -0.39 is 0 Å². The van der Waals surface area contributed by atoms with Gasteiger partial charge in [0, 0.05) is 30.6 Å². The van der Waals surface area contributed by atoms with Crippen molar-refractivity contribution in [3.63, 3.8) is 0 Å². The molecule has 0 saturated carbocycles. The highest BCUT2D eigenvalue weighted by molar-refractivity contribution is 6.50. The number of aliphatic imine (C=N–C) groups is 1. The van der Waals surface area contributed by atoms with Gasteiger partial charge in [-0.15, -0.1) is 10.2 Å². The Labute approximate surface area is 197 Å². The molecule has 4 aromatic rings. The number of hydrogen-bond donors (Lipinski definition) is 0. The van der Waals surface area contributed by atoms with Gasteiger partial charge in [-0.05, 0) is 37.3 Å². The van der Waals surface area contributed by atoms with Gasteiger partial charge in [0.2, 0.25) is 5.82 Å². The van der Waals surface area contributed by atoms with E-state index in [1.54, 1.807) is 10.7 Å². The van der Waals surface area contributed by atoms with Gasteiger partial charge >= 0.3 is 0 Å². The Morgan fingerprint density at radius 1 is 0.941 bits per heavy atom. The lowest BCUT2D eigenvalue weighted by Gasteiger charge is -2.18. The highest BCUT2D eigenvalue weighted by Gasteiger charge is 2.36. The molecule has 0 unspecified atom stereocenters. The average Bonchev–Trinajstić information content (AvgIpc) is 3.37. The van der Waals surface area contributed by atoms with Gasteiger partial charge in [-0.2, -0.15) is 19.6 Å². The lowest BCUT2D eigenvalue weighted by molar-refractivity contribution is 0.591. The van der Waals surface area contributed by atoms with E-state index in [4.69, 9.17) is 10.1 Å². The molecule has 0 N–H and O–H groups in total. The van der Waals surface area contributed by atoms with Gasteiger partial charge in [0.1, 0.15) is 5.71 Å². The normalized spacial score (nSPS) is 14.5. The predicted octanol–water partition coefficient (Wildman–Crippen LogP) is 3.74. The summed E-state index contributed by atoms with van der Waals surface area (Å²) in [5.74, 6) is 0.722. The number of rotatable bonds is 3. The molecule has 9 nitrogen and oxygen atoms in total. The summed E-state index contributed by atoms with van der Waals surface area (Å²) in [7, 11) is 3.99. The standard InChI is InChI=1S/C25H26N8O/c1-15-18-9-7-8-10-19(18)23(34)33(29-15)24-28-27-22-20(21(25(2,3)4)30-32(22)24)26-16-11-13-17(14-12-16)31(5)6/h7-14H,1-6H3. The van der Waals surface area contributed by atoms with Gasteiger partial charge in [-0.25, -0.2) is 4.99 Å². The molecule has 1 aliphatic heterocycles. The molecule has 172 valence electrons. The molecule has 2 aromatic carbocycles. The molecule has 34 heavy (non-hydrogen) atoms. The second-order valence-electron chi connectivity index (χ2n) is 9.55. The SMILES string of the molecule is Cc1nn(-c2nnc3n2N=C(C(C)(C)C)C3=Nc2ccc(N(C)C)cc2)c(=O)c2ccccc12. The van der Waals surface area contributed by atoms with E-state index in [2.05, 4.69) is 36.1 Å². The Balaban J connectivity index is 1.68. The quantitative estimate of drug-likeness (QED) is 0.470. The first-order valence-corrected chi connectivity index (χ1v) is 11.1. The topological polar surface area (TPSA) is 93.6 Å². The van der Waals surface area contributed by atoms with Crippen molar-refractivity contribution in [3.8, 4) is 5.95 Å². The van der Waals surface area contributed by atoms with E-state index >= 15 is 0 Å². The Morgan fingerprint density at radius 3 is 2.26 bits per heavy atom. The van der Waals surface area contributed by atoms with Crippen molar-refractivity contribution >= 4 is 33.6 Å². The molecular formula is C25H26N8O. The Hall–Kier alpha value is -4.14. The van der Waals surface area contributed by atoms with Crippen LogP contribution < -0.4 is 10.5 Å². The van der Waals surface area contributed by atoms with Crippen LogP contribution in [-0.4, -0.2) is 50.2 Å². The van der Waals surface area contributed by atoms with Crippen molar-refractivity contribution in [1.82, 2.24) is 24.7 Å². The maximum Gasteiger partial charge on any atom is 0.282 e. The predicted molar refractivity (Wildman–Crippen MR) is 135 cm³/mol. The van der Waals surface area contributed by atoms with Gasteiger partial charge < -0.3 is 4.90 Å². The van der Waals surface area contributed by atoms with Crippen molar-refractivity contribution in [1.29, 1.82) is 0 Å². The molecule has 5 rings (SSSR count). The summed E-state index contributed by atoms with van der Waals surface area (Å²) in [6.07, 6.45) is 0. The number of anilines is 1. The van der Waals surface area contributed by atoms with Gasteiger partial charge in [0.25, 0.3) is 11.5 Å². The summed E-state index contributed by atoms with van der Waals surface area (Å²) in [5.41, 5.74) is 3.41. The molecule has 0 radical (unpaired) electrons. The highest BCUT2D eigenvalue weighted by Crippen LogP contribution is 2.28. The summed E-state index contributed by atoms with van der Waals surface area (Å²) in [5, 5.41) is 19.3. The number of fused-ring (bicyclic) bond motifs is 2. The maximum atomic E-state index is 13.3. The fraction of sp³-hybridized carbons (Fsp3) is 0.280. The van der Waals surface area contributed by atoms with Crippen molar-refractivity contribution < 1.29 is 0 Å². The molecular weight excluding hydrogens is 428 g/mol. The smallest absolute Gasteiger partial charge is 0.282 e. The third-order valence-electron chi connectivity index (χ3n) is 5.76. The van der Waals surface area contributed by atoms with Crippen LogP contribution in [0.2, 0.25) is 0 Å². The van der Waals surface area contributed by atoms with E-state index in [9.17, 15) is 4.79 Å². The highest BCUT2D eigenvalue weighted by atomic mass is 16.1. The molecule has 2 aromatic heterocycles. The van der Waals surface area contributed by atoms with Crippen molar-refractivity contribution in [2.45, 2.75) is 27.7 Å². The summed E-state index contributed by atoms with van der Waals surface area (Å²) in [4.78, 5) is 20.2. The third-order valence-corrected chi connectivity index (χ3v) is 5.76. The molecule has 0 fully saturated rings. The Morgan fingerprint density at radius 2 is 1.62 bits per heavy atom. The largest absolute Gasteiger partial charge is 0.378 e. The second kappa shape index (κ2) is 7.72. The van der Waals surface area contributed by atoms with Crippen LogP contribution >= 0.6 is 0 Å². The van der Waals surface area contributed by atoms with Crippen molar-refractivity contribution in [2.75, 3.05) is 19.0 Å². The number of aryl methyl sites for hydroxylation is 1. The molecule has 0 atom stereocenters. The van der Waals surface area contributed by atoms with Crippen LogP contribution in [0.1, 0.15) is 32.3 Å². The number of aromatic nitrogens is 5. The molecule has 0 aliphatic carbocycles. The number of nitrogens with zero attached hydrogens (tertiary/aromatic N) is 8. The van der Waals surface area contributed by atoms with Gasteiger partial charge in [-0.3, -0.25) is 4.79 Å². The molecule has 9 heteroatoms. The average molecular weight is 455 g/mol. The van der Waals surface area contributed by atoms with E-state index in [0.717, 1.165) is 28.2 Å². The zero-order valence-electron chi connectivity index (χ0n) is 20.1. The summed E-state index contributed by atoms with van der Waals surface area (Å²) in [6.45, 7) is 8.08. The lowest BCUT2D eigenvalue weighted by atomic mass is 9.87. The molecule has 0 amide bonds. The van der Waals surface area contributed by atoms with E-state index in [0.29, 0.717) is 16.9 Å². The van der Waals surface area contributed by atoms with E-state index in [1.165, 1.54) is 4.68 Å². The first kappa shape index (κ1) is 21.7. The summed E-state index contributed by atoms with van der Waals surface area (Å²) >= 11 is 0. The van der Waals surface area contributed by atoms with Crippen molar-refractivity contribution in [3.05, 3.63) is 70.4 Å². The third kappa shape index (κ3) is 3.49. The molecule has 1 aliphatic rings. The van der Waals surface area contributed by atoms with Gasteiger partial charge in [0.15, 0.2) is 0 Å². The minimum Gasteiger partial charge on any atom is -0.378 e. The van der Waals surface area contributed by atoms with Gasteiger partial charge in [0.05, 0.1) is 22.5 Å². The lowest BCUT2D eigenvalue weighted by Crippen LogP contribution is -2.27. The van der Waals surface area contributed by atoms with Crippen LogP contribution in [0.15, 0.2) is 63.4 Å². The van der Waals surface area contributed by atoms with Crippen LogP contribution in [0, 0.1) is 12.3 Å². The van der Waals surface area contributed by atoms with Crippen molar-refractivity contribution in [2.24, 2.45) is 15.5 Å². The van der Waals surface area contributed by atoms with Gasteiger partial charge in [-0.1, -0.05) is 39.0 Å². The van der Waals surface area contributed by atoms with Crippen LogP contribution in [0.5, 0.6) is 0 Å². The minimum absolute atomic E-state index is 0.240. The van der Waals surface area contributed by atoms with Crippen LogP contribution in [-0.2, 0) is 0 Å². The minimum atomic E-state index is -0.307. The molecule has 0 spiro atoms. The maximum absolute atomic E-state index is 13.3. The molecule has 0 saturated heterocycles. The first-order chi connectivity index (χ1) is 16.1.